The summed E-state index contributed by atoms with van der Waals surface area (Å²) in [6.45, 7) is 2.20. The molecule has 0 bridgehead atoms. The topological polar surface area (TPSA) is 77.8 Å². The Labute approximate surface area is 191 Å². The van der Waals surface area contributed by atoms with Crippen LogP contribution in [0.5, 0.6) is 0 Å². The van der Waals surface area contributed by atoms with Gasteiger partial charge in [0.05, 0.1) is 11.8 Å². The van der Waals surface area contributed by atoms with Crippen LogP contribution in [0.15, 0.2) is 29.6 Å². The van der Waals surface area contributed by atoms with Crippen LogP contribution in [0.2, 0.25) is 0 Å². The van der Waals surface area contributed by atoms with Crippen molar-refractivity contribution in [1.82, 2.24) is 0 Å². The number of thiophene rings is 1. The molecule has 2 saturated carbocycles. The lowest BCUT2D eigenvalue weighted by Crippen LogP contribution is -2.47. The molecule has 1 aromatic carbocycles. The lowest BCUT2D eigenvalue weighted by Gasteiger charge is -2.39. The Bertz CT molecular complexity index is 974. The summed E-state index contributed by atoms with van der Waals surface area (Å²) in [4.78, 5) is 27.9. The lowest BCUT2D eigenvalue weighted by atomic mass is 9.81. The number of aliphatic hydroxyl groups is 1. The highest BCUT2D eigenvalue weighted by atomic mass is 32.1. The fourth-order valence-corrected chi connectivity index (χ4v) is 6.00. The van der Waals surface area contributed by atoms with Gasteiger partial charge in [-0.15, -0.1) is 11.3 Å². The van der Waals surface area contributed by atoms with Crippen LogP contribution in [0.25, 0.3) is 11.1 Å². The maximum Gasteiger partial charge on any atom is 0.348 e. The van der Waals surface area contributed by atoms with Crippen LogP contribution in [0.3, 0.4) is 0 Å². The highest BCUT2D eigenvalue weighted by molar-refractivity contribution is 7.13. The summed E-state index contributed by atoms with van der Waals surface area (Å²) >= 11 is 1.08. The minimum absolute atomic E-state index is 0.0307. The third-order valence-electron chi connectivity index (χ3n) is 6.97. The quantitative estimate of drug-likeness (QED) is 0.600. The molecule has 0 radical (unpaired) electrons. The van der Waals surface area contributed by atoms with Crippen molar-refractivity contribution in [3.8, 4) is 11.1 Å². The maximum absolute atomic E-state index is 14.0. The molecule has 2 fully saturated rings. The first-order valence-electron chi connectivity index (χ1n) is 11.5. The molecule has 0 spiro atoms. The molecule has 0 unspecified atom stereocenters. The number of carboxylic acid groups (broad SMARTS) is 1. The number of rotatable bonds is 5. The van der Waals surface area contributed by atoms with Gasteiger partial charge in [-0.1, -0.05) is 19.1 Å². The zero-order valence-corrected chi connectivity index (χ0v) is 19.1. The molecule has 32 heavy (non-hydrogen) atoms. The summed E-state index contributed by atoms with van der Waals surface area (Å²) in [7, 11) is 0. The van der Waals surface area contributed by atoms with Crippen molar-refractivity contribution in [3.63, 3.8) is 0 Å². The molecule has 172 valence electrons. The van der Waals surface area contributed by atoms with E-state index >= 15 is 0 Å². The maximum atomic E-state index is 14.0. The summed E-state index contributed by atoms with van der Waals surface area (Å²) in [5.41, 5.74) is 1.53. The van der Waals surface area contributed by atoms with Gasteiger partial charge < -0.3 is 15.1 Å². The largest absolute Gasteiger partial charge is 0.477 e. The van der Waals surface area contributed by atoms with Crippen LogP contribution >= 0.6 is 11.3 Å². The van der Waals surface area contributed by atoms with E-state index in [1.54, 1.807) is 22.4 Å². The number of aliphatic hydroxyl groups excluding tert-OH is 1. The number of carboxylic acids is 1. The van der Waals surface area contributed by atoms with E-state index in [1.807, 2.05) is 0 Å². The number of nitrogens with zero attached hydrogens (tertiary/aromatic N) is 1. The number of halogens is 1. The van der Waals surface area contributed by atoms with E-state index in [4.69, 9.17) is 0 Å². The molecule has 4 rings (SSSR count). The number of aromatic carboxylic acids is 1. The summed E-state index contributed by atoms with van der Waals surface area (Å²) in [5.74, 6) is -1.07. The number of benzene rings is 1. The van der Waals surface area contributed by atoms with E-state index in [9.17, 15) is 24.2 Å². The van der Waals surface area contributed by atoms with Crippen molar-refractivity contribution in [1.29, 1.82) is 0 Å². The summed E-state index contributed by atoms with van der Waals surface area (Å²) in [6, 6.07) is 5.90. The zero-order valence-electron chi connectivity index (χ0n) is 18.3. The van der Waals surface area contributed by atoms with Gasteiger partial charge in [-0.3, -0.25) is 4.79 Å². The minimum atomic E-state index is -1.08. The Kier molecular flexibility index (Phi) is 6.96. The van der Waals surface area contributed by atoms with Gasteiger partial charge in [0.15, 0.2) is 0 Å². The number of carbonyl (C=O) groups excluding carboxylic acids is 1. The van der Waals surface area contributed by atoms with Crippen molar-refractivity contribution < 1.29 is 24.2 Å². The van der Waals surface area contributed by atoms with Gasteiger partial charge in [0, 0.05) is 22.9 Å². The van der Waals surface area contributed by atoms with Gasteiger partial charge in [-0.05, 0) is 75.0 Å². The standard InChI is InChI=1S/C25H30FNO4S/c1-15-5-7-16(8-6-15)24(29)27(19-9-11-20(28)12-10-19)22-21(14-32-23(22)25(30)31)17-3-2-4-18(26)13-17/h2-4,13-16,19-20,28H,5-12H2,1H3,(H,30,31). The summed E-state index contributed by atoms with van der Waals surface area (Å²) < 4.78 is 14.0. The van der Waals surface area contributed by atoms with E-state index in [0.29, 0.717) is 48.4 Å². The SMILES string of the molecule is CC1CCC(C(=O)N(c2c(-c3cccc(F)c3)csc2C(=O)O)C2CCC(O)CC2)CC1. The smallest absolute Gasteiger partial charge is 0.348 e. The first-order valence-corrected chi connectivity index (χ1v) is 12.3. The van der Waals surface area contributed by atoms with Crippen molar-refractivity contribution in [2.75, 3.05) is 4.90 Å². The van der Waals surface area contributed by atoms with E-state index in [-0.39, 0.29) is 28.8 Å². The van der Waals surface area contributed by atoms with Crippen molar-refractivity contribution in [3.05, 3.63) is 40.3 Å². The molecule has 2 N–H and O–H groups in total. The van der Waals surface area contributed by atoms with Gasteiger partial charge in [-0.25, -0.2) is 9.18 Å². The molecular formula is C25H30FNO4S. The van der Waals surface area contributed by atoms with E-state index < -0.39 is 11.8 Å². The summed E-state index contributed by atoms with van der Waals surface area (Å²) in [6.07, 6.45) is 5.58. The Morgan fingerprint density at radius 1 is 1.06 bits per heavy atom. The van der Waals surface area contributed by atoms with Gasteiger partial charge in [-0.2, -0.15) is 0 Å². The molecule has 2 aliphatic carbocycles. The molecule has 0 atom stereocenters. The average molecular weight is 460 g/mol. The second-order valence-electron chi connectivity index (χ2n) is 9.27. The van der Waals surface area contributed by atoms with Crippen molar-refractivity contribution in [2.24, 2.45) is 11.8 Å². The monoisotopic (exact) mass is 459 g/mol. The fourth-order valence-electron chi connectivity index (χ4n) is 5.10. The van der Waals surface area contributed by atoms with Crippen LogP contribution in [0, 0.1) is 17.7 Å². The van der Waals surface area contributed by atoms with E-state index in [0.717, 1.165) is 37.0 Å². The van der Waals surface area contributed by atoms with E-state index in [2.05, 4.69) is 6.92 Å². The average Bonchev–Trinajstić information content (AvgIpc) is 3.21. The normalized spacial score (nSPS) is 26.0. The second-order valence-corrected chi connectivity index (χ2v) is 10.1. The van der Waals surface area contributed by atoms with Gasteiger partial charge >= 0.3 is 5.97 Å². The molecule has 2 aliphatic rings. The third-order valence-corrected chi connectivity index (χ3v) is 7.93. The Hall–Kier alpha value is -2.25. The molecule has 1 amide bonds. The number of hydrogen-bond donors (Lipinski definition) is 2. The molecule has 2 aromatic rings. The lowest BCUT2D eigenvalue weighted by molar-refractivity contribution is -0.124. The highest BCUT2D eigenvalue weighted by Gasteiger charge is 2.38. The van der Waals surface area contributed by atoms with Crippen LogP contribution in [0.1, 0.15) is 68.0 Å². The molecule has 7 heteroatoms. The fraction of sp³-hybridized carbons (Fsp3) is 0.520. The number of anilines is 1. The number of carbonyl (C=O) groups is 2. The highest BCUT2D eigenvalue weighted by Crippen LogP contribution is 2.44. The van der Waals surface area contributed by atoms with Gasteiger partial charge in [0.25, 0.3) is 0 Å². The molecular weight excluding hydrogens is 429 g/mol. The van der Waals surface area contributed by atoms with Crippen LogP contribution in [-0.4, -0.2) is 34.2 Å². The van der Waals surface area contributed by atoms with Crippen LogP contribution in [0.4, 0.5) is 10.1 Å². The summed E-state index contributed by atoms with van der Waals surface area (Å²) in [5, 5.41) is 21.7. The van der Waals surface area contributed by atoms with Gasteiger partial charge in [0.2, 0.25) is 5.91 Å². The predicted molar refractivity (Wildman–Crippen MR) is 124 cm³/mol. The molecule has 1 heterocycles. The zero-order chi connectivity index (χ0) is 22.8. The molecule has 0 aliphatic heterocycles. The van der Waals surface area contributed by atoms with Gasteiger partial charge in [0.1, 0.15) is 10.7 Å². The Balaban J connectivity index is 1.80. The third kappa shape index (κ3) is 4.74. The minimum Gasteiger partial charge on any atom is -0.477 e. The first kappa shape index (κ1) is 22.9. The predicted octanol–water partition coefficient (Wildman–Crippen LogP) is 5.72. The molecule has 1 aromatic heterocycles. The van der Waals surface area contributed by atoms with Crippen molar-refractivity contribution in [2.45, 2.75) is 70.4 Å². The number of amides is 1. The molecule has 5 nitrogen and oxygen atoms in total. The Morgan fingerprint density at radius 2 is 1.75 bits per heavy atom. The van der Waals surface area contributed by atoms with Crippen molar-refractivity contribution >= 4 is 28.9 Å². The first-order chi connectivity index (χ1) is 15.3. The second kappa shape index (κ2) is 9.71. The van der Waals surface area contributed by atoms with E-state index in [1.165, 1.54) is 12.1 Å². The Morgan fingerprint density at radius 3 is 2.38 bits per heavy atom. The van der Waals surface area contributed by atoms with Crippen LogP contribution in [-0.2, 0) is 4.79 Å². The molecule has 0 saturated heterocycles. The van der Waals surface area contributed by atoms with Crippen LogP contribution < -0.4 is 4.90 Å². The number of hydrogen-bond acceptors (Lipinski definition) is 4.